The highest BCUT2D eigenvalue weighted by Gasteiger charge is 2.26. The molecule has 3 heterocycles. The van der Waals surface area contributed by atoms with Crippen LogP contribution in [0.3, 0.4) is 0 Å². The van der Waals surface area contributed by atoms with E-state index in [0.717, 1.165) is 71.8 Å². The van der Waals surface area contributed by atoms with Gasteiger partial charge in [-0.1, -0.05) is 152 Å². The summed E-state index contributed by atoms with van der Waals surface area (Å²) in [4.78, 5) is 21.0. The molecule has 0 atom stereocenters. The van der Waals surface area contributed by atoms with Gasteiger partial charge in [0.15, 0.2) is 11.6 Å². The lowest BCUT2D eigenvalue weighted by Crippen LogP contribution is -2.06. The largest absolute Gasteiger partial charge is 0.292 e. The van der Waals surface area contributed by atoms with Gasteiger partial charge in [-0.3, -0.25) is 9.13 Å². The number of hydrogen-bond donors (Lipinski definition) is 0. The second-order valence-corrected chi connectivity index (χ2v) is 12.3. The maximum absolute atomic E-state index is 5.55. The molecule has 10 rings (SSSR count). The Morgan fingerprint density at radius 1 is 0.360 bits per heavy atom. The monoisotopic (exact) mass is 640 g/mol. The second kappa shape index (κ2) is 11.4. The third-order valence-corrected chi connectivity index (χ3v) is 9.36. The minimum Gasteiger partial charge on any atom is -0.292 e. The van der Waals surface area contributed by atoms with Crippen LogP contribution in [0.25, 0.3) is 89.4 Å². The summed E-state index contributed by atoms with van der Waals surface area (Å²) in [5.41, 5.74) is 7.78. The molecule has 0 unspecified atom stereocenters. The molecule has 0 aliphatic heterocycles. The van der Waals surface area contributed by atoms with Gasteiger partial charge in [-0.15, -0.1) is 0 Å². The highest BCUT2D eigenvalue weighted by molar-refractivity contribution is 6.31. The predicted molar refractivity (Wildman–Crippen MR) is 203 cm³/mol. The molecule has 0 radical (unpaired) electrons. The third kappa shape index (κ3) is 4.36. The summed E-state index contributed by atoms with van der Waals surface area (Å²) in [7, 11) is 0. The smallest absolute Gasteiger partial charge is 0.238 e. The average molecular weight is 641 g/mol. The fourth-order valence-corrected chi connectivity index (χ4v) is 7.19. The number of nitrogens with zero attached hydrogens (tertiary/aromatic N) is 6. The highest BCUT2D eigenvalue weighted by Crippen LogP contribution is 2.44. The van der Waals surface area contributed by atoms with Gasteiger partial charge in [0.25, 0.3) is 0 Å². The Morgan fingerprint density at radius 3 is 1.48 bits per heavy atom. The number of benzene rings is 7. The lowest BCUT2D eigenvalue weighted by atomic mass is 10.0. The first kappa shape index (κ1) is 28.1. The van der Waals surface area contributed by atoms with Crippen molar-refractivity contribution in [1.29, 1.82) is 0 Å². The summed E-state index contributed by atoms with van der Waals surface area (Å²) < 4.78 is 4.49. The Morgan fingerprint density at radius 2 is 0.860 bits per heavy atom. The minimum absolute atomic E-state index is 0.538. The Balaban J connectivity index is 1.42. The maximum Gasteiger partial charge on any atom is 0.238 e. The van der Waals surface area contributed by atoms with Crippen molar-refractivity contribution in [2.24, 2.45) is 0 Å². The van der Waals surface area contributed by atoms with Crippen molar-refractivity contribution in [2.75, 3.05) is 0 Å². The summed E-state index contributed by atoms with van der Waals surface area (Å²) in [5.74, 6) is 2.62. The van der Waals surface area contributed by atoms with Crippen LogP contribution in [0.1, 0.15) is 0 Å². The molecule has 6 heteroatoms. The van der Waals surface area contributed by atoms with Crippen LogP contribution in [0.5, 0.6) is 0 Å². The molecule has 0 spiro atoms. The van der Waals surface area contributed by atoms with Crippen LogP contribution in [0, 0.1) is 0 Å². The van der Waals surface area contributed by atoms with Crippen LogP contribution in [0.15, 0.2) is 170 Å². The summed E-state index contributed by atoms with van der Waals surface area (Å²) in [6.07, 6.45) is 0. The van der Waals surface area contributed by atoms with Gasteiger partial charge in [0.1, 0.15) is 11.3 Å². The summed E-state index contributed by atoms with van der Waals surface area (Å²) in [6.45, 7) is 0. The Bertz CT molecular complexity index is 2780. The average Bonchev–Trinajstić information content (AvgIpc) is 3.77. The molecule has 6 nitrogen and oxygen atoms in total. The molecule has 0 amide bonds. The van der Waals surface area contributed by atoms with Gasteiger partial charge < -0.3 is 0 Å². The molecule has 50 heavy (non-hydrogen) atoms. The predicted octanol–water partition coefficient (Wildman–Crippen LogP) is 10.5. The van der Waals surface area contributed by atoms with Gasteiger partial charge in [-0.2, -0.15) is 9.97 Å². The van der Waals surface area contributed by atoms with Crippen LogP contribution < -0.4 is 0 Å². The zero-order valence-corrected chi connectivity index (χ0v) is 26.8. The van der Waals surface area contributed by atoms with Crippen molar-refractivity contribution in [2.45, 2.75) is 0 Å². The van der Waals surface area contributed by atoms with Crippen molar-refractivity contribution in [1.82, 2.24) is 29.1 Å². The van der Waals surface area contributed by atoms with Crippen molar-refractivity contribution in [3.63, 3.8) is 0 Å². The van der Waals surface area contributed by atoms with E-state index in [-0.39, 0.29) is 0 Å². The summed E-state index contributed by atoms with van der Waals surface area (Å²) in [6, 6.07) is 58.3. The van der Waals surface area contributed by atoms with Crippen molar-refractivity contribution in [3.05, 3.63) is 170 Å². The van der Waals surface area contributed by atoms with Crippen LogP contribution in [0.4, 0.5) is 0 Å². The third-order valence-electron chi connectivity index (χ3n) is 9.36. The number of fused-ring (bicyclic) bond motifs is 8. The van der Waals surface area contributed by atoms with E-state index in [1.807, 2.05) is 66.7 Å². The highest BCUT2D eigenvalue weighted by atomic mass is 15.2. The van der Waals surface area contributed by atoms with E-state index in [0.29, 0.717) is 17.6 Å². The first-order valence-corrected chi connectivity index (χ1v) is 16.7. The molecule has 0 saturated heterocycles. The van der Waals surface area contributed by atoms with Crippen molar-refractivity contribution in [3.8, 4) is 45.8 Å². The van der Waals surface area contributed by atoms with E-state index in [1.165, 1.54) is 0 Å². The van der Waals surface area contributed by atoms with Gasteiger partial charge in [-0.05, 0) is 23.6 Å². The molecule has 0 fully saturated rings. The summed E-state index contributed by atoms with van der Waals surface area (Å²) in [5, 5.41) is 4.49. The van der Waals surface area contributed by atoms with Gasteiger partial charge in [-0.25, -0.2) is 9.97 Å². The van der Waals surface area contributed by atoms with E-state index in [9.17, 15) is 0 Å². The molecule has 10 aromatic rings. The molecule has 0 aliphatic carbocycles. The van der Waals surface area contributed by atoms with Gasteiger partial charge in [0.2, 0.25) is 5.95 Å². The normalized spacial score (nSPS) is 11.6. The van der Waals surface area contributed by atoms with Gasteiger partial charge >= 0.3 is 0 Å². The molecule has 0 N–H and O–H groups in total. The van der Waals surface area contributed by atoms with Crippen molar-refractivity contribution >= 4 is 43.6 Å². The number of hydrogen-bond acceptors (Lipinski definition) is 4. The second-order valence-electron chi connectivity index (χ2n) is 12.3. The first-order chi connectivity index (χ1) is 24.8. The fourth-order valence-electron chi connectivity index (χ4n) is 7.19. The molecule has 3 aromatic heterocycles. The van der Waals surface area contributed by atoms with E-state index in [4.69, 9.17) is 19.9 Å². The molecule has 0 saturated carbocycles. The zero-order valence-electron chi connectivity index (χ0n) is 26.8. The molecule has 0 bridgehead atoms. The number of para-hydroxylation sites is 2. The van der Waals surface area contributed by atoms with Gasteiger partial charge in [0.05, 0.1) is 16.6 Å². The lowest BCUT2D eigenvalue weighted by Gasteiger charge is -2.13. The van der Waals surface area contributed by atoms with E-state index < -0.39 is 0 Å². The van der Waals surface area contributed by atoms with E-state index in [2.05, 4.69) is 112 Å². The minimum atomic E-state index is 0.538. The van der Waals surface area contributed by atoms with Gasteiger partial charge in [0, 0.05) is 38.5 Å². The zero-order chi connectivity index (χ0) is 33.0. The number of rotatable bonds is 5. The van der Waals surface area contributed by atoms with Crippen LogP contribution >= 0.6 is 0 Å². The molecular weight excluding hydrogens is 613 g/mol. The first-order valence-electron chi connectivity index (χ1n) is 16.7. The Hall–Kier alpha value is -6.92. The molecule has 234 valence electrons. The molecule has 7 aromatic carbocycles. The van der Waals surface area contributed by atoms with Crippen LogP contribution in [-0.4, -0.2) is 29.1 Å². The SMILES string of the molecule is c1ccc(-c2nc(-c3ccccc3)nc(-n3c4ccccc4c4c5ccccc5c5c(nc(-c6ccccc6)n5-c5ccccc5)c43)n2)cc1. The molecule has 0 aliphatic rings. The lowest BCUT2D eigenvalue weighted by molar-refractivity contribution is 0.954. The van der Waals surface area contributed by atoms with Crippen LogP contribution in [-0.2, 0) is 0 Å². The summed E-state index contributed by atoms with van der Waals surface area (Å²) >= 11 is 0. The standard InChI is InChI=1S/C44H28N6/c1-5-17-29(18-6-1)41-46-42(30-19-7-2-8-20-30)48-44(47-41)50-36-28-16-15-27-35(36)37-33-25-13-14-26-34(33)39-38(40(37)50)45-43(31-21-9-3-10-22-31)49(39)32-23-11-4-12-24-32/h1-28H. The fraction of sp³-hybridized carbons (Fsp3) is 0. The number of aromatic nitrogens is 6. The molecular formula is C44H28N6. The maximum atomic E-state index is 5.55. The van der Waals surface area contributed by atoms with E-state index >= 15 is 0 Å². The van der Waals surface area contributed by atoms with E-state index in [1.54, 1.807) is 0 Å². The van der Waals surface area contributed by atoms with Crippen LogP contribution in [0.2, 0.25) is 0 Å². The Labute approximate surface area is 287 Å². The topological polar surface area (TPSA) is 61.4 Å². The number of imidazole rings is 1. The Kier molecular flexibility index (Phi) is 6.39. The van der Waals surface area contributed by atoms with Crippen molar-refractivity contribution < 1.29 is 0 Å². The quantitative estimate of drug-likeness (QED) is 0.188.